The molecule has 0 aliphatic carbocycles. The average molecular weight is 79.9 g/mol. The fraction of sp³-hybridized carbons (Fsp3) is 0.500. The summed E-state index contributed by atoms with van der Waals surface area (Å²) in [4.78, 5) is 9.51. The van der Waals surface area contributed by atoms with E-state index in [1.165, 1.54) is 0 Å². The van der Waals surface area contributed by atoms with Crippen molar-refractivity contribution in [2.45, 2.75) is 6.92 Å². The molecule has 0 heterocycles. The van der Waals surface area contributed by atoms with E-state index in [4.69, 9.17) is 0 Å². The van der Waals surface area contributed by atoms with Crippen LogP contribution in [0.1, 0.15) is 6.92 Å². The molecular formula is C2H6BNaO. The molecule has 0 rings (SSSR count). The van der Waals surface area contributed by atoms with Gasteiger partial charge in [0.1, 0.15) is 0 Å². The molecule has 0 unspecified atom stereocenters. The average Bonchev–Trinajstić information content (AvgIpc) is 0.811. The van der Waals surface area contributed by atoms with Crippen LogP contribution in [-0.4, -0.2) is 39.4 Å². The van der Waals surface area contributed by atoms with Gasteiger partial charge in [0.2, 0.25) is 0 Å². The third-order valence-corrected chi connectivity index (χ3v) is 0. The summed E-state index contributed by atoms with van der Waals surface area (Å²) >= 11 is 0.710. The molecule has 0 saturated heterocycles. The van der Waals surface area contributed by atoms with Crippen LogP contribution in [0.15, 0.2) is 0 Å². The van der Waals surface area contributed by atoms with E-state index in [9.17, 15) is 4.79 Å². The van der Waals surface area contributed by atoms with E-state index in [2.05, 4.69) is 0 Å². The molecule has 0 saturated carbocycles. The van der Waals surface area contributed by atoms with E-state index in [0.717, 1.165) is 0 Å². The fourth-order valence-corrected chi connectivity index (χ4v) is 0. The van der Waals surface area contributed by atoms with Crippen molar-refractivity contribution in [3.8, 4) is 0 Å². The molecule has 0 radical (unpaired) electrons. The summed E-state index contributed by atoms with van der Waals surface area (Å²) in [6.07, 6.45) is 0. The van der Waals surface area contributed by atoms with Gasteiger partial charge < -0.3 is 0 Å². The predicted octanol–water partition coefficient (Wildman–Crippen LogP) is -1.48. The third-order valence-electron chi connectivity index (χ3n) is 0. The monoisotopic (exact) mass is 80.0 g/mol. The summed E-state index contributed by atoms with van der Waals surface area (Å²) in [5, 5.41) is 0. The van der Waals surface area contributed by atoms with Gasteiger partial charge in [-0.15, -0.1) is 0 Å². The Hall–Kier alpha value is 0.735. The molecule has 0 spiro atoms. The Morgan fingerprint density at radius 2 is 1.80 bits per heavy atom. The molecule has 0 aromatic rings. The van der Waals surface area contributed by atoms with Crippen LogP contribution in [0.25, 0.3) is 0 Å². The van der Waals surface area contributed by atoms with Gasteiger partial charge >= 0.3 is 42.7 Å². The Balaban J connectivity index is 0. The van der Waals surface area contributed by atoms with Gasteiger partial charge in [0, 0.05) is 0 Å². The zero-order valence-electron chi connectivity index (χ0n) is 2.91. The van der Waals surface area contributed by atoms with Crippen LogP contribution >= 0.6 is 0 Å². The maximum atomic E-state index is 9.51. The van der Waals surface area contributed by atoms with E-state index in [-0.39, 0.29) is 8.41 Å². The van der Waals surface area contributed by atoms with Gasteiger partial charge in [0.05, 0.1) is 8.41 Å². The van der Waals surface area contributed by atoms with E-state index >= 15 is 0 Å². The van der Waals surface area contributed by atoms with Crippen LogP contribution in [-0.2, 0) is 4.79 Å². The minimum atomic E-state index is 0. The number of rotatable bonds is 0. The Kier molecular flexibility index (Phi) is 8.73. The van der Waals surface area contributed by atoms with Crippen LogP contribution in [0.5, 0.6) is 0 Å². The van der Waals surface area contributed by atoms with Crippen LogP contribution in [0.2, 0.25) is 0 Å². The standard InChI is InChI=1S/C2H3O.BH3.Na/c1-2-3;;/h1H3;1H3;. The van der Waals surface area contributed by atoms with Crippen LogP contribution in [0.3, 0.4) is 0 Å². The first-order chi connectivity index (χ1) is 1.73. The molecule has 1 nitrogen and oxygen atoms in total. The SMILES string of the molecule is B.C[C](=O)[Na]. The van der Waals surface area contributed by atoms with Crippen LogP contribution in [0.4, 0.5) is 0 Å². The van der Waals surface area contributed by atoms with E-state index in [0.29, 0.717) is 31.0 Å². The van der Waals surface area contributed by atoms with E-state index in [1.54, 1.807) is 6.92 Å². The molecular weight excluding hydrogens is 73.8 g/mol. The third kappa shape index (κ3) is 65.6. The molecule has 0 aromatic heterocycles. The second-order valence-corrected chi connectivity index (χ2v) is 2.32. The topological polar surface area (TPSA) is 17.1 Å². The summed E-state index contributed by atoms with van der Waals surface area (Å²) in [6, 6.07) is 0. The Morgan fingerprint density at radius 1 is 1.80 bits per heavy atom. The van der Waals surface area contributed by atoms with E-state index < -0.39 is 0 Å². The number of hydrogen-bond acceptors (Lipinski definition) is 1. The molecule has 3 heteroatoms. The van der Waals surface area contributed by atoms with Gasteiger partial charge in [-0.2, -0.15) is 0 Å². The number of hydrogen-bond donors (Lipinski definition) is 0. The molecule has 0 N–H and O–H groups in total. The van der Waals surface area contributed by atoms with Gasteiger partial charge in [-0.1, -0.05) is 0 Å². The van der Waals surface area contributed by atoms with Crippen molar-refractivity contribution in [3.05, 3.63) is 0 Å². The summed E-state index contributed by atoms with van der Waals surface area (Å²) in [5.41, 5.74) is 0. The molecule has 0 aliphatic heterocycles. The molecule has 0 atom stereocenters. The normalized spacial score (nSPS) is 5.40. The quantitative estimate of drug-likeness (QED) is 0.324. The molecule has 24 valence electrons. The first-order valence-corrected chi connectivity index (χ1v) is 2.20. The number of carbonyl (C=O) groups excluding carboxylic acids is 1. The van der Waals surface area contributed by atoms with Gasteiger partial charge in [-0.3, -0.25) is 0 Å². The maximum absolute atomic E-state index is 9.51. The summed E-state index contributed by atoms with van der Waals surface area (Å²) in [7, 11) is 0. The van der Waals surface area contributed by atoms with Crippen LogP contribution < -0.4 is 0 Å². The van der Waals surface area contributed by atoms with Gasteiger partial charge in [-0.05, 0) is 0 Å². The Morgan fingerprint density at radius 3 is 1.80 bits per heavy atom. The first-order valence-electron chi connectivity index (χ1n) is 1.20. The van der Waals surface area contributed by atoms with Crippen molar-refractivity contribution in [1.82, 2.24) is 0 Å². The second kappa shape index (κ2) is 4.73. The molecule has 0 fully saturated rings. The number of carbonyl (C=O) groups is 1. The summed E-state index contributed by atoms with van der Waals surface area (Å²) < 4.78 is 0.306. The van der Waals surface area contributed by atoms with Crippen molar-refractivity contribution in [3.63, 3.8) is 0 Å². The van der Waals surface area contributed by atoms with Crippen molar-refractivity contribution in [1.29, 1.82) is 0 Å². The van der Waals surface area contributed by atoms with Crippen molar-refractivity contribution in [2.24, 2.45) is 0 Å². The van der Waals surface area contributed by atoms with Crippen molar-refractivity contribution >= 4 is 39.4 Å². The van der Waals surface area contributed by atoms with Crippen molar-refractivity contribution < 1.29 is 4.79 Å². The summed E-state index contributed by atoms with van der Waals surface area (Å²) in [5.74, 6) is 0. The fourth-order valence-electron chi connectivity index (χ4n) is 0. The van der Waals surface area contributed by atoms with E-state index in [1.807, 2.05) is 0 Å². The molecule has 0 aliphatic rings. The molecule has 0 bridgehead atoms. The molecule has 0 amide bonds. The van der Waals surface area contributed by atoms with Crippen LogP contribution in [0, 0.1) is 0 Å². The van der Waals surface area contributed by atoms with Crippen molar-refractivity contribution in [2.75, 3.05) is 0 Å². The Labute approximate surface area is 51.1 Å². The first kappa shape index (κ1) is 9.22. The Bertz CT molecular complexity index is 32.6. The van der Waals surface area contributed by atoms with Gasteiger partial charge in [-0.25, -0.2) is 0 Å². The molecule has 0 aromatic carbocycles. The minimum absolute atomic E-state index is 0. The molecule has 5 heavy (non-hydrogen) atoms. The van der Waals surface area contributed by atoms with Gasteiger partial charge in [0.15, 0.2) is 0 Å². The zero-order chi connectivity index (χ0) is 3.58. The predicted molar refractivity (Wildman–Crippen MR) is 26.4 cm³/mol. The summed E-state index contributed by atoms with van der Waals surface area (Å²) in [6.45, 7) is 1.59. The second-order valence-electron chi connectivity index (χ2n) is 0.908. The zero-order valence-corrected chi connectivity index (χ0v) is 4.91. The van der Waals surface area contributed by atoms with Gasteiger partial charge in [0.25, 0.3) is 0 Å².